The van der Waals surface area contributed by atoms with Crippen molar-refractivity contribution in [3.63, 3.8) is 0 Å². The van der Waals surface area contributed by atoms with Gasteiger partial charge < -0.3 is 10.1 Å². The van der Waals surface area contributed by atoms with Crippen LogP contribution in [0, 0.1) is 0 Å². The van der Waals surface area contributed by atoms with E-state index in [4.69, 9.17) is 12.2 Å². The van der Waals surface area contributed by atoms with E-state index in [1.165, 1.54) is 6.92 Å². The number of hydrogen-bond acceptors (Lipinski definition) is 3. The first-order chi connectivity index (χ1) is 13.9. The molecule has 0 fully saturated rings. The van der Waals surface area contributed by atoms with Gasteiger partial charge in [0.2, 0.25) is 0 Å². The maximum absolute atomic E-state index is 13.5. The monoisotopic (exact) mass is 519 g/mol. The Bertz CT molecular complexity index is 746. The molecule has 0 amide bonds. The van der Waals surface area contributed by atoms with Gasteiger partial charge in [0.15, 0.2) is 0 Å². The molecule has 0 heterocycles. The van der Waals surface area contributed by atoms with Gasteiger partial charge in [0.1, 0.15) is 0 Å². The Hall–Kier alpha value is -1.81. The molecule has 1 atom stereocenters. The predicted molar refractivity (Wildman–Crippen MR) is 86.1 cm³/mol. The van der Waals surface area contributed by atoms with Gasteiger partial charge in [-0.3, -0.25) is 0 Å². The minimum atomic E-state index is -8.07. The van der Waals surface area contributed by atoms with Crippen molar-refractivity contribution in [3.8, 4) is 0 Å². The molecule has 0 bridgehead atoms. The first-order valence-corrected chi connectivity index (χ1v) is 8.48. The summed E-state index contributed by atoms with van der Waals surface area (Å²) < 4.78 is 171. The Morgan fingerprint density at radius 1 is 0.875 bits per heavy atom. The third-order valence-electron chi connectivity index (χ3n) is 3.66. The molecule has 0 saturated heterocycles. The van der Waals surface area contributed by atoms with E-state index in [1.807, 2.05) is 0 Å². The largest absolute Gasteiger partial charge is 0.473 e. The minimum Gasteiger partial charge on any atom is -0.393 e. The fraction of sp³-hybridized carbons (Fsp3) is 0.733. The lowest BCUT2D eigenvalue weighted by Crippen LogP contribution is -2.70. The van der Waals surface area contributed by atoms with E-state index < -0.39 is 53.6 Å². The summed E-state index contributed by atoms with van der Waals surface area (Å²) in [7, 11) is 0. The summed E-state index contributed by atoms with van der Waals surface area (Å²) in [6, 6.07) is -0.944. The third-order valence-corrected chi connectivity index (χ3v) is 4.06. The van der Waals surface area contributed by atoms with Gasteiger partial charge in [0, 0.05) is 11.6 Å². The van der Waals surface area contributed by atoms with Gasteiger partial charge in [-0.05, 0) is 20.3 Å². The van der Waals surface area contributed by atoms with Crippen molar-refractivity contribution in [3.05, 3.63) is 11.6 Å². The second kappa shape index (κ2) is 9.21. The van der Waals surface area contributed by atoms with Crippen LogP contribution in [0.25, 0.3) is 0 Å². The quantitative estimate of drug-likeness (QED) is 0.179. The first-order valence-electron chi connectivity index (χ1n) is 8.07. The number of esters is 1. The molecule has 17 heteroatoms. The van der Waals surface area contributed by atoms with E-state index in [0.29, 0.717) is 13.0 Å². The molecule has 0 saturated carbocycles. The first kappa shape index (κ1) is 30.2. The van der Waals surface area contributed by atoms with E-state index in [-0.39, 0.29) is 11.4 Å². The van der Waals surface area contributed by atoms with Crippen molar-refractivity contribution in [2.75, 3.05) is 0 Å². The summed E-state index contributed by atoms with van der Waals surface area (Å²) >= 11 is 4.75. The third kappa shape index (κ3) is 5.39. The molecule has 0 aromatic rings. The predicted octanol–water partition coefficient (Wildman–Crippen LogP) is 5.89. The van der Waals surface area contributed by atoms with Crippen molar-refractivity contribution in [2.45, 2.75) is 69.2 Å². The van der Waals surface area contributed by atoms with Crippen molar-refractivity contribution in [1.29, 1.82) is 0 Å². The Morgan fingerprint density at radius 2 is 1.28 bits per heavy atom. The molecule has 0 aliphatic rings. The number of halogens is 13. The van der Waals surface area contributed by atoms with Crippen molar-refractivity contribution in [2.24, 2.45) is 0 Å². The van der Waals surface area contributed by atoms with Gasteiger partial charge in [0.25, 0.3) is 0 Å². The molecule has 0 aromatic carbocycles. The van der Waals surface area contributed by atoms with E-state index in [0.717, 1.165) is 0 Å². The molecule has 1 N–H and O–H groups in total. The molecule has 32 heavy (non-hydrogen) atoms. The zero-order valence-corrected chi connectivity index (χ0v) is 16.8. The van der Waals surface area contributed by atoms with Crippen LogP contribution >= 0.6 is 12.2 Å². The Morgan fingerprint density at radius 3 is 1.66 bits per heavy atom. The highest BCUT2D eigenvalue weighted by molar-refractivity contribution is 7.80. The van der Waals surface area contributed by atoms with Crippen molar-refractivity contribution >= 4 is 23.2 Å². The van der Waals surface area contributed by atoms with E-state index in [2.05, 4.69) is 10.1 Å². The van der Waals surface area contributed by atoms with Gasteiger partial charge in [-0.2, -0.15) is 57.1 Å². The number of hydrogen-bond donors (Lipinski definition) is 1. The van der Waals surface area contributed by atoms with E-state index in [9.17, 15) is 61.9 Å². The molecule has 0 radical (unpaired) electrons. The van der Waals surface area contributed by atoms with Crippen LogP contribution in [-0.4, -0.2) is 53.0 Å². The molecule has 1 unspecified atom stereocenters. The maximum Gasteiger partial charge on any atom is 0.473 e. The van der Waals surface area contributed by atoms with Crippen LogP contribution in [-0.2, 0) is 9.53 Å². The van der Waals surface area contributed by atoms with Gasteiger partial charge in [-0.25, -0.2) is 4.79 Å². The fourth-order valence-corrected chi connectivity index (χ4v) is 2.04. The van der Waals surface area contributed by atoms with Crippen LogP contribution in [0.4, 0.5) is 57.1 Å². The van der Waals surface area contributed by atoms with Crippen LogP contribution in [0.5, 0.6) is 0 Å². The van der Waals surface area contributed by atoms with Crippen molar-refractivity contribution < 1.29 is 66.6 Å². The number of alkyl halides is 13. The van der Waals surface area contributed by atoms with Crippen LogP contribution in [0.1, 0.15) is 27.2 Å². The van der Waals surface area contributed by atoms with Gasteiger partial charge in [-0.15, -0.1) is 0 Å². The summed E-state index contributed by atoms with van der Waals surface area (Å²) in [6.45, 7) is 3.46. The zero-order valence-electron chi connectivity index (χ0n) is 16.0. The van der Waals surface area contributed by atoms with Gasteiger partial charge >= 0.3 is 41.9 Å². The second-order valence-corrected chi connectivity index (χ2v) is 6.75. The lowest BCUT2D eigenvalue weighted by molar-refractivity contribution is -0.460. The SMILES string of the molecule is CCC(=S)NC(C)C=C(C)C(=O)OC(F)(F)C(F)(F)C(F)(F)C(F)(F)C(F)(F)C(F)(F)F. The molecule has 0 spiro atoms. The number of carbonyl (C=O) groups excluding carboxylic acids is 1. The molecule has 0 aliphatic heterocycles. The van der Waals surface area contributed by atoms with Crippen LogP contribution in [0.15, 0.2) is 11.6 Å². The molecule has 0 rings (SSSR count). The Kier molecular flexibility index (Phi) is 8.69. The van der Waals surface area contributed by atoms with Gasteiger partial charge in [-0.1, -0.05) is 25.2 Å². The molecular weight excluding hydrogens is 505 g/mol. The van der Waals surface area contributed by atoms with Crippen molar-refractivity contribution in [1.82, 2.24) is 5.32 Å². The molecule has 0 aliphatic carbocycles. The van der Waals surface area contributed by atoms with Crippen LogP contribution < -0.4 is 5.32 Å². The summed E-state index contributed by atoms with van der Waals surface area (Å²) in [5.41, 5.74) is -0.977. The number of rotatable bonds is 9. The minimum absolute atomic E-state index is 0.180. The number of thiocarbonyl (C=S) groups is 1. The molecule has 0 aromatic heterocycles. The molecular formula is C15H14F13NO2S. The molecule has 3 nitrogen and oxygen atoms in total. The topological polar surface area (TPSA) is 38.3 Å². The summed E-state index contributed by atoms with van der Waals surface area (Å²) in [4.78, 5) is 11.7. The van der Waals surface area contributed by atoms with Crippen LogP contribution in [0.2, 0.25) is 0 Å². The second-order valence-electron chi connectivity index (χ2n) is 6.26. The highest BCUT2D eigenvalue weighted by Crippen LogP contribution is 2.60. The number of ether oxygens (including phenoxy) is 1. The standard InChI is InChI=1S/C15H14F13NO2S/c1-4-8(32)29-7(3)5-6(2)9(30)31-15(27,28)13(22,23)11(18,19)10(16,17)12(20,21)14(24,25)26/h5,7H,4H2,1-3H3,(H,29,32). The van der Waals surface area contributed by atoms with Gasteiger partial charge in [0.05, 0.1) is 4.99 Å². The normalized spacial score (nSPS) is 15.9. The summed E-state index contributed by atoms with van der Waals surface area (Å²) in [5.74, 6) is -34.2. The number of nitrogens with one attached hydrogen (secondary N) is 1. The summed E-state index contributed by atoms with van der Waals surface area (Å²) in [6.07, 6.45) is -13.5. The smallest absolute Gasteiger partial charge is 0.393 e. The average molecular weight is 519 g/mol. The zero-order chi connectivity index (χ0) is 26.1. The molecule has 188 valence electrons. The fourth-order valence-electron chi connectivity index (χ4n) is 1.86. The lowest BCUT2D eigenvalue weighted by Gasteiger charge is -2.38. The van der Waals surface area contributed by atoms with Crippen LogP contribution in [0.3, 0.4) is 0 Å². The number of carbonyl (C=O) groups is 1. The average Bonchev–Trinajstić information content (AvgIpc) is 2.59. The summed E-state index contributed by atoms with van der Waals surface area (Å²) in [5, 5.41) is 2.49. The highest BCUT2D eigenvalue weighted by Gasteiger charge is 2.91. The highest BCUT2D eigenvalue weighted by atomic mass is 32.1. The Balaban J connectivity index is 6.00. The lowest BCUT2D eigenvalue weighted by atomic mass is 9.97. The van der Waals surface area contributed by atoms with E-state index >= 15 is 0 Å². The maximum atomic E-state index is 13.5. The van der Waals surface area contributed by atoms with E-state index in [1.54, 1.807) is 6.92 Å². The Labute approximate surface area is 176 Å².